The normalized spacial score (nSPS) is 17.4. The Hall–Kier alpha value is -3.64. The minimum atomic E-state index is -0.0859. The molecule has 1 fully saturated rings. The number of hydrogen-bond acceptors (Lipinski definition) is 3. The predicted octanol–water partition coefficient (Wildman–Crippen LogP) is 6.68. The van der Waals surface area contributed by atoms with Gasteiger partial charge in [-0.05, 0) is 106 Å². The Morgan fingerprint density at radius 3 is 2.31 bits per heavy atom. The SMILES string of the molecule is CCOc1ccc(N2C(=S)NC(c3ccccn3)C2c2cc(C)n(-c3c(C)cccc3C)c2C)cc1. The van der Waals surface area contributed by atoms with E-state index in [1.165, 1.54) is 33.8 Å². The molecule has 1 aliphatic heterocycles. The molecule has 4 aromatic rings. The van der Waals surface area contributed by atoms with Crippen molar-refractivity contribution >= 4 is 23.0 Å². The van der Waals surface area contributed by atoms with Crippen LogP contribution in [0.4, 0.5) is 5.69 Å². The van der Waals surface area contributed by atoms with Crippen LogP contribution < -0.4 is 15.0 Å². The van der Waals surface area contributed by atoms with Crippen LogP contribution in [-0.2, 0) is 0 Å². The zero-order valence-corrected chi connectivity index (χ0v) is 22.3. The predicted molar refractivity (Wildman–Crippen MR) is 150 cm³/mol. The van der Waals surface area contributed by atoms with Crippen LogP contribution in [0, 0.1) is 27.7 Å². The smallest absolute Gasteiger partial charge is 0.174 e. The summed E-state index contributed by atoms with van der Waals surface area (Å²) in [4.78, 5) is 6.93. The van der Waals surface area contributed by atoms with Gasteiger partial charge in [-0.1, -0.05) is 24.3 Å². The molecule has 2 aromatic carbocycles. The Bertz CT molecular complexity index is 1370. The van der Waals surface area contributed by atoms with Gasteiger partial charge in [0.15, 0.2) is 5.11 Å². The highest BCUT2D eigenvalue weighted by molar-refractivity contribution is 7.80. The summed E-state index contributed by atoms with van der Waals surface area (Å²) < 4.78 is 8.06. The maximum Gasteiger partial charge on any atom is 0.174 e. The van der Waals surface area contributed by atoms with Gasteiger partial charge in [0, 0.05) is 23.3 Å². The third kappa shape index (κ3) is 4.16. The Balaban J connectivity index is 1.67. The van der Waals surface area contributed by atoms with E-state index < -0.39 is 0 Å². The lowest BCUT2D eigenvalue weighted by molar-refractivity contribution is 0.340. The Morgan fingerprint density at radius 2 is 1.67 bits per heavy atom. The average Bonchev–Trinajstić information content (AvgIpc) is 3.36. The molecule has 5 nitrogen and oxygen atoms in total. The van der Waals surface area contributed by atoms with E-state index >= 15 is 0 Å². The van der Waals surface area contributed by atoms with Crippen LogP contribution in [0.3, 0.4) is 0 Å². The summed E-state index contributed by atoms with van der Waals surface area (Å²) in [5.74, 6) is 0.852. The fourth-order valence-electron chi connectivity index (χ4n) is 5.41. The van der Waals surface area contributed by atoms with Crippen LogP contribution in [-0.4, -0.2) is 21.3 Å². The molecule has 6 heteroatoms. The van der Waals surface area contributed by atoms with E-state index in [1.807, 2.05) is 37.4 Å². The molecule has 2 atom stereocenters. The summed E-state index contributed by atoms with van der Waals surface area (Å²) in [5, 5.41) is 4.27. The fourth-order valence-corrected chi connectivity index (χ4v) is 5.75. The molecule has 2 aromatic heterocycles. The Kier molecular flexibility index (Phi) is 6.54. The fraction of sp³-hybridized carbons (Fsp3) is 0.267. The Morgan fingerprint density at radius 1 is 0.944 bits per heavy atom. The maximum absolute atomic E-state index is 5.93. The van der Waals surface area contributed by atoms with Crippen molar-refractivity contribution in [3.8, 4) is 11.4 Å². The largest absolute Gasteiger partial charge is 0.494 e. The van der Waals surface area contributed by atoms with Crippen molar-refractivity contribution in [3.05, 3.63) is 107 Å². The van der Waals surface area contributed by atoms with Gasteiger partial charge in [0.25, 0.3) is 0 Å². The number of para-hydroxylation sites is 1. The number of aryl methyl sites for hydroxylation is 3. The molecule has 5 rings (SSSR count). The third-order valence-electron chi connectivity index (χ3n) is 6.98. The second-order valence-corrected chi connectivity index (χ2v) is 9.71. The molecule has 1 saturated heterocycles. The van der Waals surface area contributed by atoms with E-state index in [4.69, 9.17) is 21.9 Å². The molecule has 36 heavy (non-hydrogen) atoms. The van der Waals surface area contributed by atoms with Crippen LogP contribution in [0.5, 0.6) is 5.75 Å². The Labute approximate surface area is 218 Å². The minimum absolute atomic E-state index is 0.0605. The van der Waals surface area contributed by atoms with Crippen LogP contribution in [0.1, 0.15) is 52.8 Å². The van der Waals surface area contributed by atoms with E-state index in [1.54, 1.807) is 0 Å². The molecule has 1 aliphatic rings. The van der Waals surface area contributed by atoms with Gasteiger partial charge in [0.05, 0.1) is 30.1 Å². The summed E-state index contributed by atoms with van der Waals surface area (Å²) in [6.45, 7) is 11.4. The number of anilines is 1. The zero-order chi connectivity index (χ0) is 25.4. The van der Waals surface area contributed by atoms with Gasteiger partial charge < -0.3 is 19.5 Å². The van der Waals surface area contributed by atoms with Crippen LogP contribution in [0.15, 0.2) is 72.9 Å². The molecule has 0 saturated carbocycles. The number of thiocarbonyl (C=S) groups is 1. The molecule has 0 spiro atoms. The number of pyridine rings is 1. The molecule has 0 amide bonds. The average molecular weight is 497 g/mol. The molecule has 0 bridgehead atoms. The summed E-state index contributed by atoms with van der Waals surface area (Å²) in [7, 11) is 0. The highest BCUT2D eigenvalue weighted by Gasteiger charge is 2.42. The van der Waals surface area contributed by atoms with Gasteiger partial charge in [-0.15, -0.1) is 0 Å². The first-order valence-electron chi connectivity index (χ1n) is 12.4. The first-order valence-corrected chi connectivity index (χ1v) is 12.8. The zero-order valence-electron chi connectivity index (χ0n) is 21.4. The van der Waals surface area contributed by atoms with Crippen molar-refractivity contribution in [2.75, 3.05) is 11.5 Å². The number of benzene rings is 2. The van der Waals surface area contributed by atoms with E-state index in [2.05, 4.69) is 84.9 Å². The second kappa shape index (κ2) is 9.78. The number of aromatic nitrogens is 2. The minimum Gasteiger partial charge on any atom is -0.494 e. The topological polar surface area (TPSA) is 42.3 Å². The van der Waals surface area contributed by atoms with E-state index in [0.717, 1.165) is 17.1 Å². The van der Waals surface area contributed by atoms with E-state index in [-0.39, 0.29) is 12.1 Å². The molecular weight excluding hydrogens is 464 g/mol. The van der Waals surface area contributed by atoms with Crippen molar-refractivity contribution in [1.29, 1.82) is 0 Å². The highest BCUT2D eigenvalue weighted by Crippen LogP contribution is 2.44. The lowest BCUT2D eigenvalue weighted by Gasteiger charge is -2.28. The van der Waals surface area contributed by atoms with E-state index in [9.17, 15) is 0 Å². The quantitative estimate of drug-likeness (QED) is 0.302. The van der Waals surface area contributed by atoms with Crippen molar-refractivity contribution < 1.29 is 4.74 Å². The number of hydrogen-bond donors (Lipinski definition) is 1. The molecule has 0 aliphatic carbocycles. The van der Waals surface area contributed by atoms with E-state index in [0.29, 0.717) is 11.7 Å². The molecule has 1 N–H and O–H groups in total. The molecule has 184 valence electrons. The van der Waals surface area contributed by atoms with Crippen LogP contribution in [0.25, 0.3) is 5.69 Å². The summed E-state index contributed by atoms with van der Waals surface area (Å²) in [6, 6.07) is 22.9. The third-order valence-corrected chi connectivity index (χ3v) is 7.29. The molecule has 0 radical (unpaired) electrons. The van der Waals surface area contributed by atoms with Crippen molar-refractivity contribution in [2.45, 2.75) is 46.7 Å². The molecule has 3 heterocycles. The number of nitrogens with zero attached hydrogens (tertiary/aromatic N) is 3. The first kappa shape index (κ1) is 24.1. The highest BCUT2D eigenvalue weighted by atomic mass is 32.1. The second-order valence-electron chi connectivity index (χ2n) is 9.33. The van der Waals surface area contributed by atoms with Crippen molar-refractivity contribution in [1.82, 2.24) is 14.9 Å². The number of ether oxygens (including phenoxy) is 1. The van der Waals surface area contributed by atoms with Gasteiger partial charge >= 0.3 is 0 Å². The van der Waals surface area contributed by atoms with Crippen LogP contribution >= 0.6 is 12.2 Å². The molecular formula is C30H32N4OS. The summed E-state index contributed by atoms with van der Waals surface area (Å²) in [5.41, 5.74) is 9.39. The lowest BCUT2D eigenvalue weighted by Crippen LogP contribution is -2.29. The van der Waals surface area contributed by atoms with Gasteiger partial charge in [0.2, 0.25) is 0 Å². The monoisotopic (exact) mass is 496 g/mol. The summed E-state index contributed by atoms with van der Waals surface area (Å²) in [6.07, 6.45) is 1.84. The van der Waals surface area contributed by atoms with Gasteiger partial charge in [-0.3, -0.25) is 4.98 Å². The summed E-state index contributed by atoms with van der Waals surface area (Å²) >= 11 is 5.93. The molecule has 2 unspecified atom stereocenters. The van der Waals surface area contributed by atoms with Gasteiger partial charge in [-0.2, -0.15) is 0 Å². The number of nitrogens with one attached hydrogen (secondary N) is 1. The maximum atomic E-state index is 5.93. The van der Waals surface area contributed by atoms with Gasteiger partial charge in [-0.25, -0.2) is 0 Å². The van der Waals surface area contributed by atoms with Crippen molar-refractivity contribution in [2.24, 2.45) is 0 Å². The van der Waals surface area contributed by atoms with Gasteiger partial charge in [0.1, 0.15) is 5.75 Å². The first-order chi connectivity index (χ1) is 17.4. The van der Waals surface area contributed by atoms with Crippen LogP contribution in [0.2, 0.25) is 0 Å². The lowest BCUT2D eigenvalue weighted by atomic mass is 9.96. The van der Waals surface area contributed by atoms with Crippen molar-refractivity contribution in [3.63, 3.8) is 0 Å². The number of rotatable bonds is 6. The standard InChI is InChI=1S/C30H32N4OS/c1-6-35-24-15-13-23(14-16-24)34-29(27(32-30(34)36)26-12-7-8-17-31-26)25-18-21(4)33(22(25)5)28-19(2)10-9-11-20(28)3/h7-18,27,29H,6H2,1-5H3,(H,32,36).